The molecule has 2 aromatic carbocycles. The van der Waals surface area contributed by atoms with Gasteiger partial charge in [-0.05, 0) is 55.7 Å². The monoisotopic (exact) mass is 432 g/mol. The molecule has 2 aromatic rings. The highest BCUT2D eigenvalue weighted by molar-refractivity contribution is 6.31. The Bertz CT molecular complexity index is 906. The van der Waals surface area contributed by atoms with Crippen LogP contribution in [0.5, 0.6) is 5.75 Å². The lowest BCUT2D eigenvalue weighted by atomic mass is 10.2. The predicted molar refractivity (Wildman–Crippen MR) is 114 cm³/mol. The molecule has 1 heterocycles. The van der Waals surface area contributed by atoms with E-state index in [0.717, 1.165) is 11.3 Å². The number of aryl methyl sites for hydroxylation is 1. The summed E-state index contributed by atoms with van der Waals surface area (Å²) in [5, 5.41) is 0.696. The number of rotatable bonds is 6. The van der Waals surface area contributed by atoms with Crippen LogP contribution in [0.4, 0.5) is 4.39 Å². The third-order valence-corrected chi connectivity index (χ3v) is 5.60. The van der Waals surface area contributed by atoms with Gasteiger partial charge >= 0.3 is 0 Å². The molecule has 0 N–H and O–H groups in total. The summed E-state index contributed by atoms with van der Waals surface area (Å²) in [5.41, 5.74) is 1.02. The summed E-state index contributed by atoms with van der Waals surface area (Å²) >= 11 is 6.01. The molecule has 5 nitrogen and oxygen atoms in total. The average Bonchev–Trinajstić information content (AvgIpc) is 3.00. The smallest absolute Gasteiger partial charge is 0.256 e. The van der Waals surface area contributed by atoms with Gasteiger partial charge in [0.25, 0.3) is 5.91 Å². The maximum atomic E-state index is 13.9. The first-order chi connectivity index (χ1) is 14.5. The van der Waals surface area contributed by atoms with Crippen molar-refractivity contribution in [2.45, 2.75) is 26.2 Å². The minimum absolute atomic E-state index is 0.0473. The Morgan fingerprint density at radius 1 is 1.07 bits per heavy atom. The van der Waals surface area contributed by atoms with E-state index >= 15 is 0 Å². The van der Waals surface area contributed by atoms with Crippen LogP contribution < -0.4 is 4.74 Å². The van der Waals surface area contributed by atoms with E-state index < -0.39 is 5.82 Å². The summed E-state index contributed by atoms with van der Waals surface area (Å²) in [4.78, 5) is 28.6. The largest absolute Gasteiger partial charge is 0.494 e. The lowest BCUT2D eigenvalue weighted by Gasteiger charge is -2.22. The predicted octanol–water partition coefficient (Wildman–Crippen LogP) is 4.32. The van der Waals surface area contributed by atoms with Crippen LogP contribution in [0.3, 0.4) is 0 Å². The number of amides is 2. The second-order valence-electron chi connectivity index (χ2n) is 7.37. The van der Waals surface area contributed by atoms with Gasteiger partial charge in [0.05, 0.1) is 12.2 Å². The van der Waals surface area contributed by atoms with Crippen LogP contribution in [-0.2, 0) is 4.79 Å². The zero-order chi connectivity index (χ0) is 21.5. The molecule has 0 aliphatic carbocycles. The number of carbonyl (C=O) groups is 2. The second-order valence-corrected chi connectivity index (χ2v) is 7.78. The van der Waals surface area contributed by atoms with Gasteiger partial charge in [0.2, 0.25) is 5.91 Å². The number of hydrogen-bond donors (Lipinski definition) is 0. The maximum absolute atomic E-state index is 13.9. The summed E-state index contributed by atoms with van der Waals surface area (Å²) in [6.45, 7) is 4.32. The molecule has 1 aliphatic rings. The zero-order valence-corrected chi connectivity index (χ0v) is 17.8. The molecule has 0 aromatic heterocycles. The first kappa shape index (κ1) is 22.1. The van der Waals surface area contributed by atoms with Crippen LogP contribution in [-0.4, -0.2) is 54.4 Å². The van der Waals surface area contributed by atoms with Crippen LogP contribution in [0, 0.1) is 12.7 Å². The van der Waals surface area contributed by atoms with Gasteiger partial charge < -0.3 is 14.5 Å². The van der Waals surface area contributed by atoms with E-state index in [0.29, 0.717) is 57.1 Å². The van der Waals surface area contributed by atoms with Crippen molar-refractivity contribution < 1.29 is 18.7 Å². The molecule has 1 saturated heterocycles. The van der Waals surface area contributed by atoms with Gasteiger partial charge in [0.15, 0.2) is 0 Å². The SMILES string of the molecule is Cc1cc(OCCCC(=O)N2CCCN(C(=O)c3ccccc3F)CC2)ccc1Cl. The van der Waals surface area contributed by atoms with Crippen molar-refractivity contribution in [3.63, 3.8) is 0 Å². The van der Waals surface area contributed by atoms with Crippen molar-refractivity contribution in [2.75, 3.05) is 32.8 Å². The van der Waals surface area contributed by atoms with Crippen LogP contribution in [0.2, 0.25) is 5.02 Å². The Kier molecular flexibility index (Phi) is 7.69. The van der Waals surface area contributed by atoms with Crippen LogP contribution in [0.1, 0.15) is 35.2 Å². The van der Waals surface area contributed by atoms with Crippen molar-refractivity contribution in [1.82, 2.24) is 9.80 Å². The zero-order valence-electron chi connectivity index (χ0n) is 17.1. The summed E-state index contributed by atoms with van der Waals surface area (Å²) in [6, 6.07) is 11.5. The minimum Gasteiger partial charge on any atom is -0.494 e. The highest BCUT2D eigenvalue weighted by Gasteiger charge is 2.24. The molecular weight excluding hydrogens is 407 g/mol. The summed E-state index contributed by atoms with van der Waals surface area (Å²) in [6.07, 6.45) is 1.66. The lowest BCUT2D eigenvalue weighted by Crippen LogP contribution is -2.37. The topological polar surface area (TPSA) is 49.9 Å². The number of benzene rings is 2. The minimum atomic E-state index is -0.518. The standard InChI is InChI=1S/C23H26ClFN2O3/c1-17-16-18(9-10-20(17)24)30-15-4-8-22(28)26-11-5-12-27(14-13-26)23(29)19-6-2-3-7-21(19)25/h2-3,6-7,9-10,16H,4-5,8,11-15H2,1H3. The van der Waals surface area contributed by atoms with E-state index in [4.69, 9.17) is 16.3 Å². The molecule has 0 radical (unpaired) electrons. The van der Waals surface area contributed by atoms with Gasteiger partial charge in [-0.3, -0.25) is 9.59 Å². The fourth-order valence-electron chi connectivity index (χ4n) is 3.45. The van der Waals surface area contributed by atoms with Crippen molar-refractivity contribution in [2.24, 2.45) is 0 Å². The Balaban J connectivity index is 1.44. The third-order valence-electron chi connectivity index (χ3n) is 5.17. The highest BCUT2D eigenvalue weighted by atomic mass is 35.5. The van der Waals surface area contributed by atoms with E-state index in [1.165, 1.54) is 12.1 Å². The van der Waals surface area contributed by atoms with E-state index in [-0.39, 0.29) is 17.4 Å². The van der Waals surface area contributed by atoms with Crippen LogP contribution >= 0.6 is 11.6 Å². The molecule has 0 spiro atoms. The molecule has 0 atom stereocenters. The summed E-state index contributed by atoms with van der Waals surface area (Å²) < 4.78 is 19.6. The van der Waals surface area contributed by atoms with Crippen molar-refractivity contribution in [3.05, 3.63) is 64.4 Å². The lowest BCUT2D eigenvalue weighted by molar-refractivity contribution is -0.131. The van der Waals surface area contributed by atoms with Crippen molar-refractivity contribution in [1.29, 1.82) is 0 Å². The average molecular weight is 433 g/mol. The summed E-state index contributed by atoms with van der Waals surface area (Å²) in [7, 11) is 0. The van der Waals surface area contributed by atoms with Crippen molar-refractivity contribution in [3.8, 4) is 5.75 Å². The number of nitrogens with zero attached hydrogens (tertiary/aromatic N) is 2. The highest BCUT2D eigenvalue weighted by Crippen LogP contribution is 2.21. The third kappa shape index (κ3) is 5.72. The molecular formula is C23H26ClFN2O3. The fourth-order valence-corrected chi connectivity index (χ4v) is 3.57. The van der Waals surface area contributed by atoms with Crippen LogP contribution in [0.25, 0.3) is 0 Å². The Labute approximate surface area is 181 Å². The van der Waals surface area contributed by atoms with Gasteiger partial charge in [-0.15, -0.1) is 0 Å². The second kappa shape index (κ2) is 10.4. The molecule has 1 fully saturated rings. The first-order valence-corrected chi connectivity index (χ1v) is 10.5. The molecule has 7 heteroatoms. The van der Waals surface area contributed by atoms with E-state index in [1.54, 1.807) is 28.0 Å². The van der Waals surface area contributed by atoms with E-state index in [2.05, 4.69) is 0 Å². The molecule has 0 unspecified atom stereocenters. The van der Waals surface area contributed by atoms with Crippen LogP contribution in [0.15, 0.2) is 42.5 Å². The molecule has 0 bridgehead atoms. The van der Waals surface area contributed by atoms with Gasteiger partial charge in [0.1, 0.15) is 11.6 Å². The van der Waals surface area contributed by atoms with Crippen molar-refractivity contribution >= 4 is 23.4 Å². The molecule has 0 saturated carbocycles. The van der Waals surface area contributed by atoms with Gasteiger partial charge in [-0.25, -0.2) is 4.39 Å². The number of ether oxygens (including phenoxy) is 1. The first-order valence-electron chi connectivity index (χ1n) is 10.2. The molecule has 160 valence electrons. The number of halogens is 2. The molecule has 2 amide bonds. The fraction of sp³-hybridized carbons (Fsp3) is 0.391. The normalized spacial score (nSPS) is 14.4. The molecule has 3 rings (SSSR count). The Morgan fingerprint density at radius 2 is 1.80 bits per heavy atom. The molecule has 1 aliphatic heterocycles. The summed E-state index contributed by atoms with van der Waals surface area (Å²) in [5.74, 6) is -0.0582. The van der Waals surface area contributed by atoms with Gasteiger partial charge in [0, 0.05) is 37.6 Å². The van der Waals surface area contributed by atoms with E-state index in [9.17, 15) is 14.0 Å². The maximum Gasteiger partial charge on any atom is 0.256 e. The van der Waals surface area contributed by atoms with E-state index in [1.807, 2.05) is 19.1 Å². The number of carbonyl (C=O) groups excluding carboxylic acids is 2. The van der Waals surface area contributed by atoms with Gasteiger partial charge in [-0.2, -0.15) is 0 Å². The van der Waals surface area contributed by atoms with Gasteiger partial charge in [-0.1, -0.05) is 23.7 Å². The quantitative estimate of drug-likeness (QED) is 0.639. The number of hydrogen-bond acceptors (Lipinski definition) is 3. The Morgan fingerprint density at radius 3 is 2.57 bits per heavy atom. The Hall–Kier alpha value is -2.60. The molecule has 30 heavy (non-hydrogen) atoms.